The summed E-state index contributed by atoms with van der Waals surface area (Å²) < 4.78 is 0. The summed E-state index contributed by atoms with van der Waals surface area (Å²) in [6.45, 7) is 1.50. The average molecular weight is 295 g/mol. The molecule has 0 saturated carbocycles. The molecular formula is C13H15ClN4O2. The molecule has 1 atom stereocenters. The van der Waals surface area contributed by atoms with Gasteiger partial charge in [0.05, 0.1) is 11.0 Å². The lowest BCUT2D eigenvalue weighted by Crippen LogP contribution is -2.29. The summed E-state index contributed by atoms with van der Waals surface area (Å²) >= 11 is 5.94. The van der Waals surface area contributed by atoms with Crippen molar-refractivity contribution in [3.05, 3.63) is 50.7 Å². The molecule has 1 aromatic heterocycles. The zero-order valence-electron chi connectivity index (χ0n) is 10.9. The summed E-state index contributed by atoms with van der Waals surface area (Å²) in [6.07, 6.45) is 3.97. The Morgan fingerprint density at radius 2 is 2.40 bits per heavy atom. The van der Waals surface area contributed by atoms with Gasteiger partial charge in [-0.2, -0.15) is 0 Å². The van der Waals surface area contributed by atoms with Gasteiger partial charge in [-0.05, 0) is 30.9 Å². The number of pyridine rings is 1. The van der Waals surface area contributed by atoms with Crippen LogP contribution in [-0.2, 0) is 6.42 Å². The summed E-state index contributed by atoms with van der Waals surface area (Å²) in [4.78, 5) is 16.7. The molecule has 1 saturated heterocycles. The Balaban J connectivity index is 1.94. The molecular weight excluding hydrogens is 280 g/mol. The Bertz CT molecular complexity index is 575. The highest BCUT2D eigenvalue weighted by molar-refractivity contribution is 6.29. The van der Waals surface area contributed by atoms with Crippen LogP contribution in [0.1, 0.15) is 30.1 Å². The average Bonchev–Trinajstić information content (AvgIpc) is 2.84. The number of hydrogen-bond donors (Lipinski definition) is 1. The quantitative estimate of drug-likeness (QED) is 0.514. The molecule has 0 amide bonds. The Labute approximate surface area is 121 Å². The SMILES string of the molecule is O=[N+]([O-])/C=C1\NCCN1C1CCCc2nc(Cl)ccc21. The van der Waals surface area contributed by atoms with Crippen LogP contribution in [0.4, 0.5) is 0 Å². The van der Waals surface area contributed by atoms with Gasteiger partial charge in [-0.25, -0.2) is 4.98 Å². The van der Waals surface area contributed by atoms with E-state index in [4.69, 9.17) is 11.6 Å². The van der Waals surface area contributed by atoms with Crippen molar-refractivity contribution in [2.75, 3.05) is 13.1 Å². The molecule has 1 aliphatic carbocycles. The fraction of sp³-hybridized carbons (Fsp3) is 0.462. The highest BCUT2D eigenvalue weighted by Crippen LogP contribution is 2.36. The summed E-state index contributed by atoms with van der Waals surface area (Å²) in [5.41, 5.74) is 2.15. The van der Waals surface area contributed by atoms with E-state index in [0.717, 1.165) is 49.8 Å². The fourth-order valence-corrected chi connectivity index (χ4v) is 3.17. The van der Waals surface area contributed by atoms with Crippen molar-refractivity contribution in [2.45, 2.75) is 25.3 Å². The maximum absolute atomic E-state index is 10.7. The molecule has 1 aliphatic heterocycles. The predicted octanol–water partition coefficient (Wildman–Crippen LogP) is 2.09. The van der Waals surface area contributed by atoms with E-state index in [1.807, 2.05) is 6.07 Å². The largest absolute Gasteiger partial charge is 0.365 e. The number of nitrogens with one attached hydrogen (secondary N) is 1. The van der Waals surface area contributed by atoms with Crippen LogP contribution >= 0.6 is 11.6 Å². The standard InChI is InChI=1S/C13H15ClN4O2/c14-12-5-4-9-10(16-12)2-1-3-11(9)17-7-6-15-13(17)8-18(19)20/h4-5,8,11,15H,1-3,6-7H2/b13-8+. The van der Waals surface area contributed by atoms with Crippen molar-refractivity contribution in [3.8, 4) is 0 Å². The monoisotopic (exact) mass is 294 g/mol. The van der Waals surface area contributed by atoms with Gasteiger partial charge in [-0.1, -0.05) is 17.7 Å². The number of halogens is 1. The van der Waals surface area contributed by atoms with Crippen LogP contribution in [0.5, 0.6) is 0 Å². The molecule has 106 valence electrons. The number of hydrogen-bond acceptors (Lipinski definition) is 5. The molecule has 0 aromatic carbocycles. The Morgan fingerprint density at radius 3 is 3.20 bits per heavy atom. The first kappa shape index (κ1) is 13.2. The van der Waals surface area contributed by atoms with Crippen LogP contribution in [0.25, 0.3) is 0 Å². The molecule has 0 radical (unpaired) electrons. The normalized spacial score (nSPS) is 23.6. The van der Waals surface area contributed by atoms with Crippen LogP contribution in [-0.4, -0.2) is 27.9 Å². The number of fused-ring (bicyclic) bond motifs is 1. The second kappa shape index (κ2) is 5.28. The summed E-state index contributed by atoms with van der Waals surface area (Å²) in [6, 6.07) is 3.93. The lowest BCUT2D eigenvalue weighted by molar-refractivity contribution is -0.404. The van der Waals surface area contributed by atoms with Crippen LogP contribution in [0.2, 0.25) is 5.15 Å². The Hall–Kier alpha value is -1.82. The minimum Gasteiger partial charge on any atom is -0.365 e. The van der Waals surface area contributed by atoms with E-state index < -0.39 is 4.92 Å². The second-order valence-corrected chi connectivity index (χ2v) is 5.39. The van der Waals surface area contributed by atoms with Gasteiger partial charge < -0.3 is 10.2 Å². The first-order valence-electron chi connectivity index (χ1n) is 6.66. The Kier molecular flexibility index (Phi) is 3.48. The topological polar surface area (TPSA) is 71.3 Å². The van der Waals surface area contributed by atoms with Gasteiger partial charge in [0.25, 0.3) is 6.20 Å². The summed E-state index contributed by atoms with van der Waals surface area (Å²) in [5, 5.41) is 14.3. The van der Waals surface area contributed by atoms with E-state index in [1.54, 1.807) is 6.07 Å². The highest BCUT2D eigenvalue weighted by Gasteiger charge is 2.31. The third-order valence-electron chi connectivity index (χ3n) is 3.80. The predicted molar refractivity (Wildman–Crippen MR) is 74.7 cm³/mol. The number of aryl methyl sites for hydroxylation is 1. The molecule has 6 nitrogen and oxygen atoms in total. The highest BCUT2D eigenvalue weighted by atomic mass is 35.5. The van der Waals surface area contributed by atoms with Gasteiger partial charge in [-0.3, -0.25) is 10.1 Å². The number of aromatic nitrogens is 1. The lowest BCUT2D eigenvalue weighted by Gasteiger charge is -2.33. The van der Waals surface area contributed by atoms with Crippen LogP contribution in [0, 0.1) is 10.1 Å². The molecule has 1 unspecified atom stereocenters. The molecule has 1 fully saturated rings. The number of nitro groups is 1. The maximum atomic E-state index is 10.7. The van der Waals surface area contributed by atoms with Gasteiger partial charge >= 0.3 is 0 Å². The zero-order valence-corrected chi connectivity index (χ0v) is 11.6. The third kappa shape index (κ3) is 2.43. The minimum atomic E-state index is -0.412. The molecule has 0 bridgehead atoms. The molecule has 1 aromatic rings. The van der Waals surface area contributed by atoms with Crippen molar-refractivity contribution >= 4 is 11.6 Å². The third-order valence-corrected chi connectivity index (χ3v) is 4.01. The van der Waals surface area contributed by atoms with Crippen molar-refractivity contribution in [2.24, 2.45) is 0 Å². The second-order valence-electron chi connectivity index (χ2n) is 5.00. The van der Waals surface area contributed by atoms with Crippen LogP contribution in [0.15, 0.2) is 24.2 Å². The van der Waals surface area contributed by atoms with E-state index in [-0.39, 0.29) is 6.04 Å². The van der Waals surface area contributed by atoms with Gasteiger partial charge in [0.1, 0.15) is 5.15 Å². The van der Waals surface area contributed by atoms with Crippen molar-refractivity contribution in [1.29, 1.82) is 0 Å². The molecule has 0 spiro atoms. The maximum Gasteiger partial charge on any atom is 0.274 e. The molecule has 1 N–H and O–H groups in total. The van der Waals surface area contributed by atoms with Crippen LogP contribution < -0.4 is 5.32 Å². The van der Waals surface area contributed by atoms with Gasteiger partial charge in [0.2, 0.25) is 0 Å². The van der Waals surface area contributed by atoms with Crippen molar-refractivity contribution < 1.29 is 4.92 Å². The molecule has 3 rings (SSSR count). The van der Waals surface area contributed by atoms with E-state index in [9.17, 15) is 10.1 Å². The van der Waals surface area contributed by atoms with E-state index in [2.05, 4.69) is 15.2 Å². The smallest absolute Gasteiger partial charge is 0.274 e. The van der Waals surface area contributed by atoms with Crippen LogP contribution in [0.3, 0.4) is 0 Å². The zero-order chi connectivity index (χ0) is 14.1. The summed E-state index contributed by atoms with van der Waals surface area (Å²) in [5.74, 6) is 0.586. The van der Waals surface area contributed by atoms with Crippen molar-refractivity contribution in [3.63, 3.8) is 0 Å². The van der Waals surface area contributed by atoms with E-state index in [0.29, 0.717) is 11.0 Å². The molecule has 2 heterocycles. The molecule has 7 heteroatoms. The van der Waals surface area contributed by atoms with Gasteiger partial charge in [-0.15, -0.1) is 0 Å². The minimum absolute atomic E-state index is 0.143. The van der Waals surface area contributed by atoms with Gasteiger partial charge in [0, 0.05) is 18.8 Å². The molecule has 2 aliphatic rings. The summed E-state index contributed by atoms with van der Waals surface area (Å²) in [7, 11) is 0. The molecule has 20 heavy (non-hydrogen) atoms. The Morgan fingerprint density at radius 1 is 1.55 bits per heavy atom. The first-order valence-corrected chi connectivity index (χ1v) is 7.04. The van der Waals surface area contributed by atoms with E-state index in [1.165, 1.54) is 0 Å². The number of rotatable bonds is 2. The van der Waals surface area contributed by atoms with E-state index >= 15 is 0 Å². The first-order chi connectivity index (χ1) is 9.65. The lowest BCUT2D eigenvalue weighted by atomic mass is 9.90. The van der Waals surface area contributed by atoms with Crippen molar-refractivity contribution in [1.82, 2.24) is 15.2 Å². The fourth-order valence-electron chi connectivity index (χ4n) is 3.00. The number of nitrogens with zero attached hydrogens (tertiary/aromatic N) is 3. The van der Waals surface area contributed by atoms with Gasteiger partial charge in [0.15, 0.2) is 5.82 Å².